The van der Waals surface area contributed by atoms with E-state index >= 15 is 0 Å². The Morgan fingerprint density at radius 3 is 2.31 bits per heavy atom. The van der Waals surface area contributed by atoms with E-state index in [-0.39, 0.29) is 26.3 Å². The molecule has 0 radical (unpaired) electrons. The van der Waals surface area contributed by atoms with E-state index in [1.807, 2.05) is 0 Å². The van der Waals surface area contributed by atoms with Crippen LogP contribution in [0.15, 0.2) is 35.3 Å². The number of amides is 1. The molecule has 12 heteroatoms. The molecule has 0 fully saturated rings. The van der Waals surface area contributed by atoms with Crippen LogP contribution in [0.1, 0.15) is 47.6 Å². The lowest BCUT2D eigenvalue weighted by Crippen LogP contribution is -2.43. The number of fused-ring (bicyclic) bond motifs is 1. The topological polar surface area (TPSA) is 41.5 Å². The van der Waals surface area contributed by atoms with Crippen molar-refractivity contribution < 1.29 is 31.1 Å². The number of nitrogens with zero attached hydrogens (tertiary/aromatic N) is 1. The highest BCUT2D eigenvalue weighted by Crippen LogP contribution is 2.50. The number of rotatable bonds is 4. The number of halogens is 9. The van der Waals surface area contributed by atoms with E-state index in [0.717, 1.165) is 17.7 Å². The van der Waals surface area contributed by atoms with Crippen LogP contribution in [0.2, 0.25) is 15.1 Å². The lowest BCUT2D eigenvalue weighted by atomic mass is 9.76. The second kappa shape index (κ2) is 9.16. The Morgan fingerprint density at radius 2 is 1.71 bits per heavy atom. The zero-order valence-corrected chi connectivity index (χ0v) is 20.0. The number of carbonyl (C=O) groups excluding carboxylic acids is 1. The summed E-state index contributed by atoms with van der Waals surface area (Å²) >= 11 is 17.9. The zero-order chi connectivity index (χ0) is 25.8. The van der Waals surface area contributed by atoms with Crippen LogP contribution in [-0.4, -0.2) is 30.5 Å². The summed E-state index contributed by atoms with van der Waals surface area (Å²) < 4.78 is 80.4. The Hall–Kier alpha value is -1.97. The van der Waals surface area contributed by atoms with Gasteiger partial charge in [-0.3, -0.25) is 9.79 Å². The number of aryl methyl sites for hydroxylation is 1. The van der Waals surface area contributed by atoms with Crippen molar-refractivity contribution in [2.45, 2.75) is 49.5 Å². The summed E-state index contributed by atoms with van der Waals surface area (Å²) in [4.78, 5) is 15.9. The largest absolute Gasteiger partial charge is 0.400 e. The van der Waals surface area contributed by atoms with Gasteiger partial charge in [0, 0.05) is 12.1 Å². The molecular weight excluding hydrogens is 541 g/mol. The van der Waals surface area contributed by atoms with Crippen molar-refractivity contribution in [3.05, 3.63) is 67.7 Å². The molecule has 0 saturated carbocycles. The lowest BCUT2D eigenvalue weighted by Gasteiger charge is -2.32. The van der Waals surface area contributed by atoms with Gasteiger partial charge in [-0.2, -0.15) is 26.3 Å². The van der Waals surface area contributed by atoms with Crippen LogP contribution < -0.4 is 5.32 Å². The van der Waals surface area contributed by atoms with Gasteiger partial charge in [0.2, 0.25) is 5.91 Å². The van der Waals surface area contributed by atoms with Crippen molar-refractivity contribution in [2.75, 3.05) is 6.54 Å². The smallest absolute Gasteiger partial charge is 0.349 e. The highest BCUT2D eigenvalue weighted by Gasteiger charge is 2.58. The minimum atomic E-state index is -4.66. The molecule has 2 aromatic carbocycles. The molecule has 3 nitrogen and oxygen atoms in total. The third kappa shape index (κ3) is 5.13. The van der Waals surface area contributed by atoms with Gasteiger partial charge in [0.15, 0.2) is 0 Å². The molecule has 2 aromatic rings. The van der Waals surface area contributed by atoms with E-state index in [1.165, 1.54) is 0 Å². The molecule has 1 aliphatic carbocycles. The summed E-state index contributed by atoms with van der Waals surface area (Å²) in [5.74, 6) is -1.13. The summed E-state index contributed by atoms with van der Waals surface area (Å²) in [7, 11) is 0. The number of aliphatic imine (C=N–C) groups is 1. The minimum absolute atomic E-state index is 0.0379. The Labute approximate surface area is 211 Å². The summed E-state index contributed by atoms with van der Waals surface area (Å²) in [6, 6.07) is 6.57. The van der Waals surface area contributed by atoms with Gasteiger partial charge in [0.1, 0.15) is 11.8 Å². The second-order valence-corrected chi connectivity index (χ2v) is 9.83. The molecule has 1 aliphatic heterocycles. The SMILES string of the molecule is O=C(CC(F)(F)F)NC1CCc2cc(C3=NCC(c4cc(Cl)c(Cl)c(Cl)c4)(C(F)(F)F)C3)ccc21. The lowest BCUT2D eigenvalue weighted by molar-refractivity contribution is -0.183. The molecular formula is C23H17Cl3F6N2O. The zero-order valence-electron chi connectivity index (χ0n) is 17.8. The van der Waals surface area contributed by atoms with Crippen LogP contribution in [0.5, 0.6) is 0 Å². The first-order valence-corrected chi connectivity index (χ1v) is 11.6. The number of nitrogens with one attached hydrogen (secondary N) is 1. The molecule has 0 saturated heterocycles. The van der Waals surface area contributed by atoms with E-state index in [9.17, 15) is 31.1 Å². The molecule has 1 heterocycles. The standard InChI is InChI=1S/C23H17Cl3F6N2O/c24-15-6-13(7-16(25)20(15)26)21(23(30,31)32)8-18(33-10-21)12-1-3-14-11(5-12)2-4-17(14)34-19(35)9-22(27,28)29/h1,3,5-7,17H,2,4,8-10H2,(H,34,35). The summed E-state index contributed by atoms with van der Waals surface area (Å²) in [5.41, 5.74) is -0.393. The molecule has 35 heavy (non-hydrogen) atoms. The number of carbonyl (C=O) groups is 1. The number of alkyl halides is 6. The minimum Gasteiger partial charge on any atom is -0.349 e. The van der Waals surface area contributed by atoms with Gasteiger partial charge in [-0.05, 0) is 53.3 Å². The van der Waals surface area contributed by atoms with Gasteiger partial charge in [-0.25, -0.2) is 0 Å². The van der Waals surface area contributed by atoms with Crippen LogP contribution in [0.3, 0.4) is 0 Å². The number of benzene rings is 2. The van der Waals surface area contributed by atoms with Crippen molar-refractivity contribution in [3.8, 4) is 0 Å². The fourth-order valence-electron chi connectivity index (χ4n) is 4.57. The maximum Gasteiger partial charge on any atom is 0.400 e. The fourth-order valence-corrected chi connectivity index (χ4v) is 5.17. The van der Waals surface area contributed by atoms with Gasteiger partial charge in [-0.1, -0.05) is 46.9 Å². The van der Waals surface area contributed by atoms with Crippen LogP contribution in [-0.2, 0) is 16.6 Å². The summed E-state index contributed by atoms with van der Waals surface area (Å²) in [6.07, 6.45) is -10.5. The van der Waals surface area contributed by atoms with Crippen LogP contribution in [0, 0.1) is 0 Å². The Balaban J connectivity index is 1.58. The van der Waals surface area contributed by atoms with Gasteiger partial charge in [0.05, 0.1) is 27.7 Å². The van der Waals surface area contributed by atoms with E-state index in [2.05, 4.69) is 10.3 Å². The van der Waals surface area contributed by atoms with Crippen molar-refractivity contribution in [1.29, 1.82) is 0 Å². The summed E-state index contributed by atoms with van der Waals surface area (Å²) in [5, 5.41) is 2.15. The average molecular weight is 558 g/mol. The first kappa shape index (κ1) is 26.1. The van der Waals surface area contributed by atoms with E-state index in [0.29, 0.717) is 24.0 Å². The molecule has 4 rings (SSSR count). The predicted octanol–water partition coefficient (Wildman–Crippen LogP) is 7.40. The molecule has 1 amide bonds. The van der Waals surface area contributed by atoms with Crippen LogP contribution in [0.4, 0.5) is 26.3 Å². The molecule has 2 atom stereocenters. The molecule has 2 unspecified atom stereocenters. The highest BCUT2D eigenvalue weighted by molar-refractivity contribution is 6.48. The Kier molecular flexibility index (Phi) is 6.83. The predicted molar refractivity (Wildman–Crippen MR) is 122 cm³/mol. The molecule has 0 aromatic heterocycles. The van der Waals surface area contributed by atoms with E-state index in [1.54, 1.807) is 18.2 Å². The van der Waals surface area contributed by atoms with Crippen LogP contribution in [0.25, 0.3) is 0 Å². The van der Waals surface area contributed by atoms with Crippen molar-refractivity contribution >= 4 is 46.4 Å². The molecule has 0 bridgehead atoms. The monoisotopic (exact) mass is 556 g/mol. The van der Waals surface area contributed by atoms with E-state index < -0.39 is 49.1 Å². The van der Waals surface area contributed by atoms with Gasteiger partial charge < -0.3 is 5.32 Å². The molecule has 2 aliphatic rings. The van der Waals surface area contributed by atoms with Gasteiger partial charge >= 0.3 is 12.4 Å². The maximum absolute atomic E-state index is 14.4. The second-order valence-electron chi connectivity index (χ2n) is 8.64. The van der Waals surface area contributed by atoms with Crippen molar-refractivity contribution in [1.82, 2.24) is 5.32 Å². The first-order valence-electron chi connectivity index (χ1n) is 10.4. The molecule has 188 valence electrons. The fraction of sp³-hybridized carbons (Fsp3) is 0.391. The van der Waals surface area contributed by atoms with E-state index in [4.69, 9.17) is 34.8 Å². The van der Waals surface area contributed by atoms with Gasteiger partial charge in [0.25, 0.3) is 0 Å². The van der Waals surface area contributed by atoms with Gasteiger partial charge in [-0.15, -0.1) is 0 Å². The first-order chi connectivity index (χ1) is 16.2. The van der Waals surface area contributed by atoms with Crippen LogP contribution >= 0.6 is 34.8 Å². The quantitative estimate of drug-likeness (QED) is 0.309. The molecule has 0 spiro atoms. The summed E-state index contributed by atoms with van der Waals surface area (Å²) in [6.45, 7) is -0.562. The number of hydrogen-bond donors (Lipinski definition) is 1. The third-order valence-corrected chi connectivity index (χ3v) is 7.54. The van der Waals surface area contributed by atoms with Crippen molar-refractivity contribution in [3.63, 3.8) is 0 Å². The van der Waals surface area contributed by atoms with Crippen molar-refractivity contribution in [2.24, 2.45) is 4.99 Å². The Morgan fingerprint density at radius 1 is 1.06 bits per heavy atom. The normalized spacial score (nSPS) is 22.2. The maximum atomic E-state index is 14.4. The average Bonchev–Trinajstić information content (AvgIpc) is 3.35. The third-order valence-electron chi connectivity index (χ3n) is 6.34. The Bertz CT molecular complexity index is 1190. The highest BCUT2D eigenvalue weighted by atomic mass is 35.5. The molecule has 1 N–H and O–H groups in total. The number of hydrogen-bond acceptors (Lipinski definition) is 2.